The Morgan fingerprint density at radius 2 is 1.87 bits per heavy atom. The Kier molecular flexibility index (Phi) is 6.31. The lowest BCUT2D eigenvalue weighted by molar-refractivity contribution is -0.133. The molecule has 0 bridgehead atoms. The standard InChI is InChI=1S/C22H34N6O3/c1-22(21(31)24-16-8-4-3-5-9-16)15-28-18(20(30)26(22)2)14-17(25-28)19(29)23-10-13-27-11-6-7-12-27/h14,16H,3-13,15H2,1-2H3,(H,23,29)(H,24,31)/t22-/m0/s1. The molecule has 9 heteroatoms. The van der Waals surface area contributed by atoms with Gasteiger partial charge in [0.15, 0.2) is 5.69 Å². The third-order valence-electron chi connectivity index (χ3n) is 7.08. The minimum Gasteiger partial charge on any atom is -0.351 e. The predicted molar refractivity (Wildman–Crippen MR) is 116 cm³/mol. The molecule has 3 amide bonds. The first-order valence-electron chi connectivity index (χ1n) is 11.6. The monoisotopic (exact) mass is 430 g/mol. The summed E-state index contributed by atoms with van der Waals surface area (Å²) >= 11 is 0. The van der Waals surface area contributed by atoms with E-state index in [1.54, 1.807) is 14.0 Å². The highest BCUT2D eigenvalue weighted by atomic mass is 16.2. The molecule has 1 saturated heterocycles. The summed E-state index contributed by atoms with van der Waals surface area (Å²) in [6, 6.07) is 1.69. The fourth-order valence-electron chi connectivity index (χ4n) is 4.85. The molecule has 4 rings (SSSR count). The highest BCUT2D eigenvalue weighted by Gasteiger charge is 2.46. The summed E-state index contributed by atoms with van der Waals surface area (Å²) < 4.78 is 1.51. The molecule has 1 aromatic heterocycles. The molecule has 2 fully saturated rings. The minimum atomic E-state index is -1.04. The molecule has 1 saturated carbocycles. The number of likely N-dealkylation sites (N-methyl/N-ethyl adjacent to an activating group) is 1. The summed E-state index contributed by atoms with van der Waals surface area (Å²) in [5.74, 6) is -0.742. The highest BCUT2D eigenvalue weighted by molar-refractivity contribution is 6.01. The second-order valence-electron chi connectivity index (χ2n) is 9.32. The lowest BCUT2D eigenvalue weighted by atomic mass is 9.92. The zero-order valence-electron chi connectivity index (χ0n) is 18.7. The Hall–Kier alpha value is -2.42. The van der Waals surface area contributed by atoms with Gasteiger partial charge >= 0.3 is 0 Å². The zero-order valence-corrected chi connectivity index (χ0v) is 18.7. The molecular formula is C22H34N6O3. The van der Waals surface area contributed by atoms with E-state index in [1.807, 2.05) is 0 Å². The van der Waals surface area contributed by atoms with Gasteiger partial charge < -0.3 is 20.4 Å². The zero-order chi connectivity index (χ0) is 22.0. The molecule has 3 heterocycles. The van der Waals surface area contributed by atoms with E-state index in [4.69, 9.17) is 0 Å². The fraction of sp³-hybridized carbons (Fsp3) is 0.727. The molecule has 9 nitrogen and oxygen atoms in total. The number of carbonyl (C=O) groups is 3. The molecule has 0 spiro atoms. The minimum absolute atomic E-state index is 0.159. The van der Waals surface area contributed by atoms with Gasteiger partial charge in [-0.15, -0.1) is 0 Å². The lowest BCUT2D eigenvalue weighted by Crippen LogP contribution is -2.63. The van der Waals surface area contributed by atoms with Crippen LogP contribution in [0.3, 0.4) is 0 Å². The number of hydrogen-bond acceptors (Lipinski definition) is 5. The number of aromatic nitrogens is 2. The van der Waals surface area contributed by atoms with Crippen LogP contribution in [0.15, 0.2) is 6.07 Å². The van der Waals surface area contributed by atoms with Gasteiger partial charge in [0.25, 0.3) is 11.8 Å². The smallest absolute Gasteiger partial charge is 0.272 e. The predicted octanol–water partition coefficient (Wildman–Crippen LogP) is 1.00. The Morgan fingerprint density at radius 3 is 2.58 bits per heavy atom. The SMILES string of the molecule is CN1C(=O)c2cc(C(=O)NCCN3CCCC3)nn2C[C@@]1(C)C(=O)NC1CCCCC1. The fourth-order valence-corrected chi connectivity index (χ4v) is 4.85. The van der Waals surface area contributed by atoms with Crippen molar-refractivity contribution in [3.63, 3.8) is 0 Å². The van der Waals surface area contributed by atoms with Crippen LogP contribution in [0.4, 0.5) is 0 Å². The summed E-state index contributed by atoms with van der Waals surface area (Å²) in [7, 11) is 1.65. The van der Waals surface area contributed by atoms with Crippen molar-refractivity contribution in [3.8, 4) is 0 Å². The molecule has 3 aliphatic rings. The van der Waals surface area contributed by atoms with Crippen LogP contribution < -0.4 is 10.6 Å². The number of likely N-dealkylation sites (tertiary alicyclic amines) is 1. The van der Waals surface area contributed by atoms with Crippen LogP contribution >= 0.6 is 0 Å². The summed E-state index contributed by atoms with van der Waals surface area (Å²) in [5, 5.41) is 10.4. The molecule has 1 atom stereocenters. The summed E-state index contributed by atoms with van der Waals surface area (Å²) in [5.41, 5.74) is -0.484. The quantitative estimate of drug-likeness (QED) is 0.702. The first kappa shape index (κ1) is 21.8. The van der Waals surface area contributed by atoms with E-state index < -0.39 is 5.54 Å². The number of rotatable bonds is 6. The molecule has 170 valence electrons. The topological polar surface area (TPSA) is 99.6 Å². The van der Waals surface area contributed by atoms with Gasteiger partial charge in [-0.3, -0.25) is 19.1 Å². The van der Waals surface area contributed by atoms with E-state index in [2.05, 4.69) is 20.6 Å². The van der Waals surface area contributed by atoms with Gasteiger partial charge in [0.1, 0.15) is 11.2 Å². The molecule has 0 unspecified atom stereocenters. The number of amides is 3. The normalized spacial score (nSPS) is 24.8. The maximum Gasteiger partial charge on any atom is 0.272 e. The van der Waals surface area contributed by atoms with Crippen molar-refractivity contribution in [3.05, 3.63) is 17.5 Å². The Bertz CT molecular complexity index is 840. The first-order chi connectivity index (χ1) is 14.9. The molecule has 1 aromatic rings. The number of carbonyl (C=O) groups excluding carboxylic acids is 3. The van der Waals surface area contributed by atoms with Crippen molar-refractivity contribution in [1.82, 2.24) is 30.2 Å². The van der Waals surface area contributed by atoms with Crippen LogP contribution in [-0.4, -0.2) is 82.1 Å². The van der Waals surface area contributed by atoms with E-state index in [0.717, 1.165) is 45.3 Å². The summed E-state index contributed by atoms with van der Waals surface area (Å²) in [4.78, 5) is 42.5. The van der Waals surface area contributed by atoms with Gasteiger partial charge in [-0.2, -0.15) is 5.10 Å². The Morgan fingerprint density at radius 1 is 1.16 bits per heavy atom. The van der Waals surface area contributed by atoms with Gasteiger partial charge in [0.05, 0.1) is 6.54 Å². The van der Waals surface area contributed by atoms with E-state index in [9.17, 15) is 14.4 Å². The van der Waals surface area contributed by atoms with Gasteiger partial charge in [-0.25, -0.2) is 0 Å². The van der Waals surface area contributed by atoms with E-state index >= 15 is 0 Å². The summed E-state index contributed by atoms with van der Waals surface area (Å²) in [6.07, 6.45) is 7.84. The third kappa shape index (κ3) is 4.46. The molecule has 31 heavy (non-hydrogen) atoms. The van der Waals surface area contributed by atoms with Gasteiger partial charge in [-0.1, -0.05) is 19.3 Å². The van der Waals surface area contributed by atoms with E-state index in [0.29, 0.717) is 12.2 Å². The van der Waals surface area contributed by atoms with Crippen LogP contribution in [-0.2, 0) is 11.3 Å². The maximum absolute atomic E-state index is 13.1. The van der Waals surface area contributed by atoms with Gasteiger partial charge in [0.2, 0.25) is 5.91 Å². The van der Waals surface area contributed by atoms with Crippen molar-refractivity contribution < 1.29 is 14.4 Å². The molecular weight excluding hydrogens is 396 g/mol. The van der Waals surface area contributed by atoms with Crippen LogP contribution in [0.2, 0.25) is 0 Å². The van der Waals surface area contributed by atoms with Crippen LogP contribution in [0.25, 0.3) is 0 Å². The first-order valence-corrected chi connectivity index (χ1v) is 11.6. The van der Waals surface area contributed by atoms with Crippen LogP contribution in [0.5, 0.6) is 0 Å². The third-order valence-corrected chi connectivity index (χ3v) is 7.08. The largest absolute Gasteiger partial charge is 0.351 e. The van der Waals surface area contributed by atoms with Gasteiger partial charge in [0, 0.05) is 32.2 Å². The molecule has 0 aromatic carbocycles. The van der Waals surface area contributed by atoms with Crippen LogP contribution in [0, 0.1) is 0 Å². The number of hydrogen-bond donors (Lipinski definition) is 2. The lowest BCUT2D eigenvalue weighted by Gasteiger charge is -2.41. The number of nitrogens with zero attached hydrogens (tertiary/aromatic N) is 4. The molecule has 2 N–H and O–H groups in total. The van der Waals surface area contributed by atoms with Crippen molar-refractivity contribution in [2.24, 2.45) is 0 Å². The number of fused-ring (bicyclic) bond motifs is 1. The van der Waals surface area contributed by atoms with Crippen molar-refractivity contribution in [2.75, 3.05) is 33.2 Å². The second kappa shape index (κ2) is 8.98. The summed E-state index contributed by atoms with van der Waals surface area (Å²) in [6.45, 7) is 5.53. The van der Waals surface area contributed by atoms with E-state index in [-0.39, 0.29) is 36.0 Å². The average Bonchev–Trinajstić information content (AvgIpc) is 3.43. The molecule has 1 aliphatic carbocycles. The molecule has 0 radical (unpaired) electrons. The highest BCUT2D eigenvalue weighted by Crippen LogP contribution is 2.27. The van der Waals surface area contributed by atoms with Crippen molar-refractivity contribution >= 4 is 17.7 Å². The van der Waals surface area contributed by atoms with E-state index in [1.165, 1.54) is 34.9 Å². The Balaban J connectivity index is 1.42. The van der Waals surface area contributed by atoms with Gasteiger partial charge in [-0.05, 0) is 45.7 Å². The molecule has 2 aliphatic heterocycles. The van der Waals surface area contributed by atoms with Crippen molar-refractivity contribution in [1.29, 1.82) is 0 Å². The Labute approximate surface area is 183 Å². The maximum atomic E-state index is 13.1. The van der Waals surface area contributed by atoms with Crippen molar-refractivity contribution in [2.45, 2.75) is 70.0 Å². The average molecular weight is 431 g/mol. The second-order valence-corrected chi connectivity index (χ2v) is 9.32. The number of nitrogens with one attached hydrogen (secondary N) is 2. The van der Waals surface area contributed by atoms with Crippen LogP contribution in [0.1, 0.15) is 72.8 Å².